The van der Waals surface area contributed by atoms with Crippen LogP contribution in [-0.2, 0) is 4.79 Å². The smallest absolute Gasteiger partial charge is 0.263 e. The van der Waals surface area contributed by atoms with Crippen LogP contribution in [0.5, 0.6) is 0 Å². The molecule has 3 heterocycles. The van der Waals surface area contributed by atoms with E-state index < -0.39 is 0 Å². The lowest BCUT2D eigenvalue weighted by Crippen LogP contribution is -2.37. The van der Waals surface area contributed by atoms with E-state index in [0.717, 1.165) is 11.3 Å². The molecule has 2 aliphatic rings. The van der Waals surface area contributed by atoms with Crippen LogP contribution in [0, 0.1) is 0 Å². The minimum absolute atomic E-state index is 0.00275. The van der Waals surface area contributed by atoms with Gasteiger partial charge in [-0.2, -0.15) is 0 Å². The molecule has 4 rings (SSSR count). The summed E-state index contributed by atoms with van der Waals surface area (Å²) in [5.74, 6) is -0.567. The van der Waals surface area contributed by atoms with E-state index in [9.17, 15) is 19.2 Å². The van der Waals surface area contributed by atoms with E-state index >= 15 is 0 Å². The number of carbonyl (C=O) groups is 4. The Morgan fingerprint density at radius 3 is 2.20 bits per heavy atom. The van der Waals surface area contributed by atoms with Gasteiger partial charge >= 0.3 is 0 Å². The van der Waals surface area contributed by atoms with E-state index in [0.29, 0.717) is 43.7 Å². The summed E-state index contributed by atoms with van der Waals surface area (Å²) >= 11 is 1.43. The van der Waals surface area contributed by atoms with Crippen LogP contribution < -0.4 is 0 Å². The number of fused-ring (bicyclic) bond motifs is 1. The van der Waals surface area contributed by atoms with Crippen molar-refractivity contribution in [2.24, 2.45) is 0 Å². The molecule has 0 N–H and O–H groups in total. The highest BCUT2D eigenvalue weighted by Crippen LogP contribution is 2.23. The topological polar surface area (TPSA) is 78.0 Å². The zero-order valence-corrected chi connectivity index (χ0v) is 17.4. The molecule has 0 spiro atoms. The lowest BCUT2D eigenvalue weighted by Gasteiger charge is -2.22. The standard InChI is InChI=1S/C22H23N3O4S/c26-19(9-3-12-25-20(27)16-6-1-2-7-17(16)21(25)28)23-10-5-11-24(14-13-23)22(29)18-8-4-15-30-18/h1-2,4,6-8,15H,3,5,9-14H2. The van der Waals surface area contributed by atoms with Crippen LogP contribution in [0.15, 0.2) is 41.8 Å². The molecule has 1 fully saturated rings. The monoisotopic (exact) mass is 425 g/mol. The summed E-state index contributed by atoms with van der Waals surface area (Å²) in [4.78, 5) is 55.5. The Kier molecular flexibility index (Phi) is 5.94. The number of nitrogens with zero attached hydrogens (tertiary/aromatic N) is 3. The highest BCUT2D eigenvalue weighted by atomic mass is 32.1. The van der Waals surface area contributed by atoms with Crippen molar-refractivity contribution in [2.75, 3.05) is 32.7 Å². The van der Waals surface area contributed by atoms with Crippen molar-refractivity contribution in [3.63, 3.8) is 0 Å². The van der Waals surface area contributed by atoms with Gasteiger partial charge in [-0.05, 0) is 36.4 Å². The lowest BCUT2D eigenvalue weighted by atomic mass is 10.1. The summed E-state index contributed by atoms with van der Waals surface area (Å²) in [6.45, 7) is 2.49. The summed E-state index contributed by atoms with van der Waals surface area (Å²) in [7, 11) is 0. The molecule has 8 heteroatoms. The third-order valence-electron chi connectivity index (χ3n) is 5.52. The highest BCUT2D eigenvalue weighted by Gasteiger charge is 2.34. The maximum Gasteiger partial charge on any atom is 0.263 e. The first-order valence-electron chi connectivity index (χ1n) is 10.1. The van der Waals surface area contributed by atoms with Gasteiger partial charge in [-0.1, -0.05) is 18.2 Å². The molecule has 1 saturated heterocycles. The minimum Gasteiger partial charge on any atom is -0.341 e. The molecule has 156 valence electrons. The number of carbonyl (C=O) groups excluding carboxylic acids is 4. The molecule has 0 saturated carbocycles. The van der Waals surface area contributed by atoms with E-state index in [-0.39, 0.29) is 36.6 Å². The highest BCUT2D eigenvalue weighted by molar-refractivity contribution is 7.12. The molecule has 1 aromatic carbocycles. The zero-order chi connectivity index (χ0) is 21.1. The van der Waals surface area contributed by atoms with Crippen molar-refractivity contribution >= 4 is 35.0 Å². The molecular formula is C22H23N3O4S. The second-order valence-electron chi connectivity index (χ2n) is 7.41. The third kappa shape index (κ3) is 4.00. The van der Waals surface area contributed by atoms with Gasteiger partial charge in [-0.25, -0.2) is 0 Å². The van der Waals surface area contributed by atoms with E-state index in [1.165, 1.54) is 16.2 Å². The molecule has 4 amide bonds. The molecule has 0 bridgehead atoms. The van der Waals surface area contributed by atoms with Crippen molar-refractivity contribution in [1.82, 2.24) is 14.7 Å². The number of imide groups is 1. The normalized spacial score (nSPS) is 16.6. The first-order chi connectivity index (χ1) is 14.6. The largest absolute Gasteiger partial charge is 0.341 e. The van der Waals surface area contributed by atoms with Gasteiger partial charge < -0.3 is 9.80 Å². The van der Waals surface area contributed by atoms with Crippen molar-refractivity contribution in [3.8, 4) is 0 Å². The Balaban J connectivity index is 1.26. The molecule has 2 aliphatic heterocycles. The molecular weight excluding hydrogens is 402 g/mol. The molecule has 1 aromatic heterocycles. The number of benzene rings is 1. The van der Waals surface area contributed by atoms with Crippen LogP contribution in [0.2, 0.25) is 0 Å². The number of rotatable bonds is 5. The second-order valence-corrected chi connectivity index (χ2v) is 8.36. The van der Waals surface area contributed by atoms with Gasteiger partial charge in [0, 0.05) is 39.1 Å². The molecule has 0 atom stereocenters. The van der Waals surface area contributed by atoms with Gasteiger partial charge in [0.1, 0.15) is 0 Å². The van der Waals surface area contributed by atoms with Gasteiger partial charge in [-0.3, -0.25) is 24.1 Å². The van der Waals surface area contributed by atoms with Gasteiger partial charge in [0.2, 0.25) is 5.91 Å². The quantitative estimate of drug-likeness (QED) is 0.690. The predicted octanol–water partition coefficient (Wildman–Crippen LogP) is 2.50. The summed E-state index contributed by atoms with van der Waals surface area (Å²) in [5, 5.41) is 1.88. The lowest BCUT2D eigenvalue weighted by molar-refractivity contribution is -0.131. The van der Waals surface area contributed by atoms with E-state index in [2.05, 4.69) is 0 Å². The van der Waals surface area contributed by atoms with Crippen LogP contribution in [0.4, 0.5) is 0 Å². The van der Waals surface area contributed by atoms with Crippen LogP contribution in [0.1, 0.15) is 49.7 Å². The van der Waals surface area contributed by atoms with Crippen LogP contribution >= 0.6 is 11.3 Å². The second kappa shape index (κ2) is 8.79. The average molecular weight is 426 g/mol. The summed E-state index contributed by atoms with van der Waals surface area (Å²) in [5.41, 5.74) is 0.855. The first-order valence-corrected chi connectivity index (χ1v) is 11.0. The SMILES string of the molecule is O=C(CCCN1C(=O)c2ccccc2C1=O)N1CCCN(C(=O)c2cccs2)CC1. The van der Waals surface area contributed by atoms with Crippen LogP contribution in [0.25, 0.3) is 0 Å². The molecule has 7 nitrogen and oxygen atoms in total. The first kappa shape index (κ1) is 20.3. The van der Waals surface area contributed by atoms with Crippen molar-refractivity contribution < 1.29 is 19.2 Å². The number of thiophene rings is 1. The fourth-order valence-electron chi connectivity index (χ4n) is 3.91. The Morgan fingerprint density at radius 2 is 1.53 bits per heavy atom. The summed E-state index contributed by atoms with van der Waals surface area (Å²) in [6.07, 6.45) is 1.44. The maximum atomic E-state index is 12.6. The van der Waals surface area contributed by atoms with Crippen LogP contribution in [0.3, 0.4) is 0 Å². The Labute approximate surface area is 178 Å². The number of amides is 4. The van der Waals surface area contributed by atoms with Gasteiger partial charge in [0.15, 0.2) is 0 Å². The Bertz CT molecular complexity index is 938. The van der Waals surface area contributed by atoms with Crippen molar-refractivity contribution in [3.05, 3.63) is 57.8 Å². The Morgan fingerprint density at radius 1 is 0.867 bits per heavy atom. The fraction of sp³-hybridized carbons (Fsp3) is 0.364. The van der Waals surface area contributed by atoms with Crippen molar-refractivity contribution in [2.45, 2.75) is 19.3 Å². The average Bonchev–Trinajstić information content (AvgIpc) is 3.29. The Hall–Kier alpha value is -3.00. The number of hydrogen-bond acceptors (Lipinski definition) is 5. The van der Waals surface area contributed by atoms with E-state index in [1.807, 2.05) is 17.5 Å². The molecule has 2 aromatic rings. The number of hydrogen-bond donors (Lipinski definition) is 0. The minimum atomic E-state index is -0.291. The van der Waals surface area contributed by atoms with Gasteiger partial charge in [0.25, 0.3) is 17.7 Å². The summed E-state index contributed by atoms with van der Waals surface area (Å²) < 4.78 is 0. The third-order valence-corrected chi connectivity index (χ3v) is 6.38. The molecule has 30 heavy (non-hydrogen) atoms. The maximum absolute atomic E-state index is 12.6. The molecule has 0 unspecified atom stereocenters. The molecule has 0 radical (unpaired) electrons. The van der Waals surface area contributed by atoms with Crippen molar-refractivity contribution in [1.29, 1.82) is 0 Å². The van der Waals surface area contributed by atoms with E-state index in [1.54, 1.807) is 34.1 Å². The predicted molar refractivity (Wildman–Crippen MR) is 112 cm³/mol. The molecule has 0 aliphatic carbocycles. The summed E-state index contributed by atoms with van der Waals surface area (Å²) in [6, 6.07) is 10.5. The fourth-order valence-corrected chi connectivity index (χ4v) is 4.61. The van der Waals surface area contributed by atoms with Gasteiger partial charge in [-0.15, -0.1) is 11.3 Å². The van der Waals surface area contributed by atoms with Crippen LogP contribution in [-0.4, -0.2) is 71.1 Å². The van der Waals surface area contributed by atoms with E-state index in [4.69, 9.17) is 0 Å². The van der Waals surface area contributed by atoms with Gasteiger partial charge in [0.05, 0.1) is 16.0 Å². The zero-order valence-electron chi connectivity index (χ0n) is 16.6.